The van der Waals surface area contributed by atoms with Gasteiger partial charge in [0.2, 0.25) is 0 Å². The molecule has 6 heteroatoms. The molecule has 0 radical (unpaired) electrons. The van der Waals surface area contributed by atoms with E-state index in [1.807, 2.05) is 42.5 Å². The molecular weight excluding hydrogens is 322 g/mol. The van der Waals surface area contributed by atoms with Gasteiger partial charge in [0, 0.05) is 23.3 Å². The number of nitro groups is 1. The monoisotopic (exact) mass is 337 g/mol. The molecule has 1 aliphatic heterocycles. The van der Waals surface area contributed by atoms with Gasteiger partial charge in [-0.05, 0) is 22.9 Å². The Hall–Kier alpha value is -3.12. The minimum atomic E-state index is -0.422. The van der Waals surface area contributed by atoms with Crippen LogP contribution in [0.3, 0.4) is 0 Å². The average molecular weight is 337 g/mol. The third-order valence-electron chi connectivity index (χ3n) is 4.10. The van der Waals surface area contributed by atoms with Crippen LogP contribution in [0, 0.1) is 10.1 Å². The van der Waals surface area contributed by atoms with Gasteiger partial charge in [-0.3, -0.25) is 10.1 Å². The molecule has 1 aliphatic rings. The Kier molecular flexibility index (Phi) is 3.95. The van der Waals surface area contributed by atoms with Crippen molar-refractivity contribution in [3.8, 4) is 11.5 Å². The minimum Gasteiger partial charge on any atom is -0.489 e. The molecule has 4 rings (SSSR count). The van der Waals surface area contributed by atoms with E-state index in [9.17, 15) is 10.1 Å². The Morgan fingerprint density at radius 1 is 1.08 bits per heavy atom. The van der Waals surface area contributed by atoms with Crippen LogP contribution in [0.2, 0.25) is 0 Å². The number of rotatable bonds is 4. The van der Waals surface area contributed by atoms with Crippen molar-refractivity contribution in [3.63, 3.8) is 0 Å². The summed E-state index contributed by atoms with van der Waals surface area (Å²) in [6, 6.07) is 16.8. The zero-order valence-corrected chi connectivity index (χ0v) is 13.3. The summed E-state index contributed by atoms with van der Waals surface area (Å²) in [6.45, 7) is 0.607. The molecule has 3 aromatic carbocycles. The van der Waals surface area contributed by atoms with Gasteiger partial charge in [-0.2, -0.15) is 0 Å². The summed E-state index contributed by atoms with van der Waals surface area (Å²) in [5.41, 5.74) is 1.31. The molecule has 0 aliphatic carbocycles. The number of benzene rings is 3. The first-order valence-corrected chi connectivity index (χ1v) is 7.83. The summed E-state index contributed by atoms with van der Waals surface area (Å²) in [4.78, 5) is 10.7. The molecule has 0 aromatic heterocycles. The molecule has 1 heterocycles. The average Bonchev–Trinajstić information content (AvgIpc) is 2.65. The Morgan fingerprint density at radius 3 is 2.76 bits per heavy atom. The van der Waals surface area contributed by atoms with E-state index in [1.165, 1.54) is 12.1 Å². The summed E-state index contributed by atoms with van der Waals surface area (Å²) < 4.78 is 16.6. The van der Waals surface area contributed by atoms with E-state index >= 15 is 0 Å². The summed E-state index contributed by atoms with van der Waals surface area (Å²) in [7, 11) is 0. The maximum absolute atomic E-state index is 11.1. The lowest BCUT2D eigenvalue weighted by Gasteiger charge is -2.20. The zero-order chi connectivity index (χ0) is 17.2. The van der Waals surface area contributed by atoms with E-state index < -0.39 is 4.92 Å². The fraction of sp³-hybridized carbons (Fsp3) is 0.158. The lowest BCUT2D eigenvalue weighted by molar-refractivity contribution is -0.385. The molecule has 0 atom stereocenters. The molecular formula is C19H15NO5. The van der Waals surface area contributed by atoms with Crippen LogP contribution >= 0.6 is 0 Å². The molecule has 3 aromatic rings. The number of ether oxygens (including phenoxy) is 3. The molecule has 0 bridgehead atoms. The number of hydrogen-bond donors (Lipinski definition) is 0. The van der Waals surface area contributed by atoms with E-state index in [1.54, 1.807) is 0 Å². The Balaban J connectivity index is 1.63. The SMILES string of the molecule is O=[N+]([O-])c1cc2c(c(COc3ccc4ccccc4c3)c1)OCOC2. The minimum absolute atomic E-state index is 0.00459. The molecule has 0 saturated carbocycles. The van der Waals surface area contributed by atoms with Gasteiger partial charge in [0.05, 0.1) is 11.5 Å². The largest absolute Gasteiger partial charge is 0.489 e. The highest BCUT2D eigenvalue weighted by Crippen LogP contribution is 2.33. The highest BCUT2D eigenvalue weighted by atomic mass is 16.7. The molecule has 0 unspecified atom stereocenters. The van der Waals surface area contributed by atoms with Crippen LogP contribution in [0.4, 0.5) is 5.69 Å². The first-order valence-electron chi connectivity index (χ1n) is 7.83. The third kappa shape index (κ3) is 3.12. The Bertz CT molecular complexity index is 954. The topological polar surface area (TPSA) is 70.8 Å². The molecule has 0 spiro atoms. The fourth-order valence-electron chi connectivity index (χ4n) is 2.91. The van der Waals surface area contributed by atoms with Crippen LogP contribution < -0.4 is 9.47 Å². The maximum Gasteiger partial charge on any atom is 0.270 e. The third-order valence-corrected chi connectivity index (χ3v) is 4.10. The molecule has 0 N–H and O–H groups in total. The molecule has 25 heavy (non-hydrogen) atoms. The lowest BCUT2D eigenvalue weighted by atomic mass is 10.1. The smallest absolute Gasteiger partial charge is 0.270 e. The second kappa shape index (κ2) is 6.41. The second-order valence-electron chi connectivity index (χ2n) is 5.76. The highest BCUT2D eigenvalue weighted by molar-refractivity contribution is 5.83. The van der Waals surface area contributed by atoms with Gasteiger partial charge in [-0.1, -0.05) is 30.3 Å². The van der Waals surface area contributed by atoms with Gasteiger partial charge in [-0.15, -0.1) is 0 Å². The van der Waals surface area contributed by atoms with Crippen molar-refractivity contribution in [1.29, 1.82) is 0 Å². The van der Waals surface area contributed by atoms with Crippen molar-refractivity contribution in [2.75, 3.05) is 6.79 Å². The number of fused-ring (bicyclic) bond motifs is 2. The van der Waals surface area contributed by atoms with Crippen molar-refractivity contribution in [1.82, 2.24) is 0 Å². The van der Waals surface area contributed by atoms with E-state index in [0.717, 1.165) is 10.8 Å². The van der Waals surface area contributed by atoms with Crippen LogP contribution in [0.15, 0.2) is 54.6 Å². The van der Waals surface area contributed by atoms with E-state index in [4.69, 9.17) is 14.2 Å². The summed E-state index contributed by atoms with van der Waals surface area (Å²) >= 11 is 0. The lowest BCUT2D eigenvalue weighted by Crippen LogP contribution is -2.14. The molecule has 0 fully saturated rings. The predicted molar refractivity (Wildman–Crippen MR) is 91.7 cm³/mol. The van der Waals surface area contributed by atoms with Crippen LogP contribution in [-0.2, 0) is 18.0 Å². The normalized spacial score (nSPS) is 13.1. The first-order chi connectivity index (χ1) is 12.2. The van der Waals surface area contributed by atoms with Crippen molar-refractivity contribution >= 4 is 16.5 Å². The van der Waals surface area contributed by atoms with Crippen molar-refractivity contribution < 1.29 is 19.1 Å². The van der Waals surface area contributed by atoms with Gasteiger partial charge in [0.25, 0.3) is 5.69 Å². The van der Waals surface area contributed by atoms with Gasteiger partial charge in [0.15, 0.2) is 6.79 Å². The van der Waals surface area contributed by atoms with E-state index in [2.05, 4.69) is 0 Å². The Labute approximate surface area is 143 Å². The second-order valence-corrected chi connectivity index (χ2v) is 5.76. The van der Waals surface area contributed by atoms with Gasteiger partial charge in [-0.25, -0.2) is 0 Å². The maximum atomic E-state index is 11.1. The number of nitrogens with zero attached hydrogens (tertiary/aromatic N) is 1. The predicted octanol–water partition coefficient (Wildman–Crippen LogP) is 4.19. The fourth-order valence-corrected chi connectivity index (χ4v) is 2.91. The quantitative estimate of drug-likeness (QED) is 0.527. The van der Waals surface area contributed by atoms with Crippen molar-refractivity contribution in [2.45, 2.75) is 13.2 Å². The molecule has 126 valence electrons. The number of nitro benzene ring substituents is 1. The summed E-state index contributed by atoms with van der Waals surface area (Å²) in [5.74, 6) is 1.31. The van der Waals surface area contributed by atoms with Gasteiger partial charge >= 0.3 is 0 Å². The molecule has 0 saturated heterocycles. The van der Waals surface area contributed by atoms with Crippen LogP contribution in [0.5, 0.6) is 11.5 Å². The number of hydrogen-bond acceptors (Lipinski definition) is 5. The van der Waals surface area contributed by atoms with E-state index in [-0.39, 0.29) is 19.1 Å². The van der Waals surface area contributed by atoms with Crippen LogP contribution in [0.25, 0.3) is 10.8 Å². The summed E-state index contributed by atoms with van der Waals surface area (Å²) in [6.07, 6.45) is 0. The van der Waals surface area contributed by atoms with Gasteiger partial charge < -0.3 is 14.2 Å². The zero-order valence-electron chi connectivity index (χ0n) is 13.3. The first kappa shape index (κ1) is 15.4. The Morgan fingerprint density at radius 2 is 1.92 bits per heavy atom. The summed E-state index contributed by atoms with van der Waals surface area (Å²) in [5, 5.41) is 13.3. The molecule has 6 nitrogen and oxygen atoms in total. The molecule has 0 amide bonds. The number of non-ortho nitro benzene ring substituents is 1. The van der Waals surface area contributed by atoms with Gasteiger partial charge in [0.1, 0.15) is 18.1 Å². The highest BCUT2D eigenvalue weighted by Gasteiger charge is 2.21. The van der Waals surface area contributed by atoms with Crippen molar-refractivity contribution in [2.24, 2.45) is 0 Å². The standard InChI is InChI=1S/C19H15NO5/c21-20(22)17-7-15-10-23-12-25-19(15)16(8-17)11-24-18-6-5-13-3-1-2-4-14(13)9-18/h1-9H,10-12H2. The van der Waals surface area contributed by atoms with Crippen LogP contribution in [-0.4, -0.2) is 11.7 Å². The van der Waals surface area contributed by atoms with Crippen LogP contribution in [0.1, 0.15) is 11.1 Å². The van der Waals surface area contributed by atoms with Crippen molar-refractivity contribution in [3.05, 3.63) is 75.8 Å². The van der Waals surface area contributed by atoms with E-state index in [0.29, 0.717) is 29.2 Å².